The average molecular weight is 454 g/mol. The maximum absolute atomic E-state index is 12.9. The molecule has 1 saturated carbocycles. The fraction of sp³-hybridized carbons (Fsp3) is 0.333. The Labute approximate surface area is 200 Å². The molecule has 1 aliphatic rings. The second-order valence-electron chi connectivity index (χ2n) is 9.50. The van der Waals surface area contributed by atoms with Gasteiger partial charge in [0, 0.05) is 10.8 Å². The number of hydrogen-bond donors (Lipinski definition) is 0. The molecule has 1 fully saturated rings. The number of aromatic nitrogens is 1. The van der Waals surface area contributed by atoms with Gasteiger partial charge in [0.25, 0.3) is 0 Å². The van der Waals surface area contributed by atoms with Crippen LogP contribution in [0.15, 0.2) is 77.6 Å². The van der Waals surface area contributed by atoms with Crippen LogP contribution < -0.4 is 10.2 Å². The molecular formula is C30H31NO3. The molecule has 0 bridgehead atoms. The molecule has 0 amide bonds. The van der Waals surface area contributed by atoms with Crippen LogP contribution in [-0.4, -0.2) is 10.5 Å². The van der Waals surface area contributed by atoms with Crippen molar-refractivity contribution in [3.63, 3.8) is 0 Å². The van der Waals surface area contributed by atoms with E-state index < -0.39 is 0 Å². The van der Waals surface area contributed by atoms with Gasteiger partial charge in [0.05, 0.1) is 11.0 Å². The van der Waals surface area contributed by atoms with Crippen molar-refractivity contribution < 1.29 is 9.53 Å². The Hall–Kier alpha value is -3.40. The number of carbonyl (C=O) groups excluding carboxylic acids is 1. The molecule has 5 rings (SSSR count). The summed E-state index contributed by atoms with van der Waals surface area (Å²) in [6.45, 7) is 2.30. The molecule has 4 nitrogen and oxygen atoms in total. The van der Waals surface area contributed by atoms with E-state index in [0.717, 1.165) is 17.0 Å². The van der Waals surface area contributed by atoms with E-state index in [1.165, 1.54) is 44.1 Å². The largest absolute Gasteiger partial charge is 0.425 e. The first kappa shape index (κ1) is 22.4. The number of nitrogens with zero attached hydrogens (tertiary/aromatic N) is 1. The van der Waals surface area contributed by atoms with Gasteiger partial charge in [-0.15, -0.1) is 0 Å². The predicted molar refractivity (Wildman–Crippen MR) is 137 cm³/mol. The third-order valence-electron chi connectivity index (χ3n) is 7.29. The van der Waals surface area contributed by atoms with Crippen molar-refractivity contribution in [3.8, 4) is 5.75 Å². The fourth-order valence-electron chi connectivity index (χ4n) is 5.54. The summed E-state index contributed by atoms with van der Waals surface area (Å²) < 4.78 is 7.57. The first-order valence-corrected chi connectivity index (χ1v) is 12.4. The second kappa shape index (κ2) is 9.84. The summed E-state index contributed by atoms with van der Waals surface area (Å²) in [6, 6.07) is 22.9. The summed E-state index contributed by atoms with van der Waals surface area (Å²) in [6.07, 6.45) is 7.75. The van der Waals surface area contributed by atoms with Crippen molar-refractivity contribution in [2.45, 2.75) is 57.9 Å². The summed E-state index contributed by atoms with van der Waals surface area (Å²) in [5, 5.41) is 1.21. The number of fused-ring (bicyclic) bond motifs is 2. The molecule has 1 aliphatic carbocycles. The maximum Gasteiger partial charge on any atom is 0.331 e. The molecule has 174 valence electrons. The lowest BCUT2D eigenvalue weighted by Gasteiger charge is -2.28. The zero-order valence-corrected chi connectivity index (χ0v) is 19.7. The Balaban J connectivity index is 1.32. The standard InChI is InChI=1S/C30H31NO3/c1-2-7-21-12-14-22(15-13-21)23-16-18-24(19-17-23)34-29(32)20-31-27-10-5-3-8-25(27)30(33)26-9-4-6-11-28(26)31/h3-6,8-11,16-19,21-22H,2,7,12-15,20H2,1H3. The van der Waals surface area contributed by atoms with Crippen molar-refractivity contribution in [1.82, 2.24) is 4.57 Å². The van der Waals surface area contributed by atoms with Gasteiger partial charge >= 0.3 is 5.97 Å². The molecule has 4 heteroatoms. The van der Waals surface area contributed by atoms with Crippen molar-refractivity contribution >= 4 is 27.8 Å². The Morgan fingerprint density at radius 2 is 1.44 bits per heavy atom. The Bertz CT molecular complexity index is 1300. The zero-order chi connectivity index (χ0) is 23.5. The maximum atomic E-state index is 12.9. The Morgan fingerprint density at radius 3 is 2.03 bits per heavy atom. The minimum atomic E-state index is -0.355. The van der Waals surface area contributed by atoms with Gasteiger partial charge in [-0.05, 0) is 79.5 Å². The van der Waals surface area contributed by atoms with Crippen molar-refractivity contribution in [2.24, 2.45) is 5.92 Å². The van der Waals surface area contributed by atoms with Crippen LogP contribution >= 0.6 is 0 Å². The number of rotatable bonds is 6. The molecule has 34 heavy (non-hydrogen) atoms. The van der Waals surface area contributed by atoms with Crippen LogP contribution in [0.25, 0.3) is 21.8 Å². The molecular weight excluding hydrogens is 422 g/mol. The zero-order valence-electron chi connectivity index (χ0n) is 19.7. The third kappa shape index (κ3) is 4.50. The van der Waals surface area contributed by atoms with Gasteiger partial charge in [0.2, 0.25) is 0 Å². The average Bonchev–Trinajstić information content (AvgIpc) is 2.88. The van der Waals surface area contributed by atoms with Crippen LogP contribution in [0, 0.1) is 5.92 Å². The quantitative estimate of drug-likeness (QED) is 0.183. The lowest BCUT2D eigenvalue weighted by atomic mass is 9.77. The van der Waals surface area contributed by atoms with E-state index in [1.807, 2.05) is 53.1 Å². The smallest absolute Gasteiger partial charge is 0.331 e. The highest BCUT2D eigenvalue weighted by molar-refractivity contribution is 5.94. The van der Waals surface area contributed by atoms with Crippen molar-refractivity contribution in [3.05, 3.63) is 88.6 Å². The lowest BCUT2D eigenvalue weighted by molar-refractivity contribution is -0.134. The molecule has 1 heterocycles. The van der Waals surface area contributed by atoms with E-state index >= 15 is 0 Å². The van der Waals surface area contributed by atoms with E-state index in [4.69, 9.17) is 4.74 Å². The van der Waals surface area contributed by atoms with Crippen LogP contribution in [0.1, 0.15) is 56.9 Å². The van der Waals surface area contributed by atoms with Crippen molar-refractivity contribution in [2.75, 3.05) is 0 Å². The number of benzene rings is 3. The molecule has 0 spiro atoms. The summed E-state index contributed by atoms with van der Waals surface area (Å²) in [4.78, 5) is 25.8. The normalized spacial score (nSPS) is 18.3. The van der Waals surface area contributed by atoms with Gasteiger partial charge < -0.3 is 9.30 Å². The molecule has 0 aliphatic heterocycles. The highest BCUT2D eigenvalue weighted by Gasteiger charge is 2.22. The van der Waals surface area contributed by atoms with Gasteiger partial charge in [-0.1, -0.05) is 56.2 Å². The first-order chi connectivity index (χ1) is 16.6. The first-order valence-electron chi connectivity index (χ1n) is 12.4. The monoisotopic (exact) mass is 453 g/mol. The van der Waals surface area contributed by atoms with E-state index in [9.17, 15) is 9.59 Å². The molecule has 0 N–H and O–H groups in total. The molecule has 3 aromatic carbocycles. The van der Waals surface area contributed by atoms with E-state index in [-0.39, 0.29) is 17.9 Å². The molecule has 0 atom stereocenters. The minimum absolute atomic E-state index is 0.0184. The lowest BCUT2D eigenvalue weighted by Crippen LogP contribution is -2.20. The fourth-order valence-corrected chi connectivity index (χ4v) is 5.54. The third-order valence-corrected chi connectivity index (χ3v) is 7.29. The van der Waals surface area contributed by atoms with Crippen LogP contribution in [-0.2, 0) is 11.3 Å². The number of ether oxygens (including phenoxy) is 1. The van der Waals surface area contributed by atoms with Crippen LogP contribution in [0.3, 0.4) is 0 Å². The molecule has 0 saturated heterocycles. The van der Waals surface area contributed by atoms with Gasteiger partial charge in [0.1, 0.15) is 12.3 Å². The van der Waals surface area contributed by atoms with E-state index in [1.54, 1.807) is 12.1 Å². The second-order valence-corrected chi connectivity index (χ2v) is 9.50. The number of para-hydroxylation sites is 2. The van der Waals surface area contributed by atoms with Gasteiger partial charge in [-0.2, -0.15) is 0 Å². The molecule has 1 aromatic heterocycles. The summed E-state index contributed by atoms with van der Waals surface area (Å²) in [7, 11) is 0. The summed E-state index contributed by atoms with van der Waals surface area (Å²) >= 11 is 0. The van der Waals surface area contributed by atoms with Crippen LogP contribution in [0.4, 0.5) is 0 Å². The highest BCUT2D eigenvalue weighted by Crippen LogP contribution is 2.37. The number of pyridine rings is 1. The van der Waals surface area contributed by atoms with Crippen molar-refractivity contribution in [1.29, 1.82) is 0 Å². The topological polar surface area (TPSA) is 48.3 Å². The van der Waals surface area contributed by atoms with E-state index in [2.05, 4.69) is 19.1 Å². The van der Waals surface area contributed by atoms with Crippen LogP contribution in [0.2, 0.25) is 0 Å². The van der Waals surface area contributed by atoms with Gasteiger partial charge in [-0.25, -0.2) is 4.79 Å². The van der Waals surface area contributed by atoms with Crippen LogP contribution in [0.5, 0.6) is 5.75 Å². The SMILES string of the molecule is CCCC1CCC(c2ccc(OC(=O)Cn3c4ccccc4c(=O)c4ccccc43)cc2)CC1. The highest BCUT2D eigenvalue weighted by atomic mass is 16.5. The van der Waals surface area contributed by atoms with E-state index in [0.29, 0.717) is 22.4 Å². The van der Waals surface area contributed by atoms with Gasteiger partial charge in [-0.3, -0.25) is 4.79 Å². The molecule has 0 unspecified atom stereocenters. The molecule has 4 aromatic rings. The summed E-state index contributed by atoms with van der Waals surface area (Å²) in [5.74, 6) is 1.70. The van der Waals surface area contributed by atoms with Gasteiger partial charge in [0.15, 0.2) is 5.43 Å². The number of esters is 1. The summed E-state index contributed by atoms with van der Waals surface area (Å²) in [5.41, 5.74) is 2.79. The number of carbonyl (C=O) groups is 1. The predicted octanol–water partition coefficient (Wildman–Crippen LogP) is 6.83. The molecule has 0 radical (unpaired) electrons. The Morgan fingerprint density at radius 1 is 0.853 bits per heavy atom. The Kier molecular flexibility index (Phi) is 6.48. The minimum Gasteiger partial charge on any atom is -0.425 e. The number of hydrogen-bond acceptors (Lipinski definition) is 3.